The molecule has 0 aliphatic carbocycles. The largest absolute Gasteiger partial charge is 0.306 e. The summed E-state index contributed by atoms with van der Waals surface area (Å²) < 4.78 is 5.17. The Labute approximate surface area is 194 Å². The molecule has 1 aliphatic heterocycles. The third kappa shape index (κ3) is 2.17. The third-order valence-electron chi connectivity index (χ3n) is 6.89. The number of anilines is 3. The molecule has 2 aromatic heterocycles. The van der Waals surface area contributed by atoms with E-state index in [0.717, 1.165) is 0 Å². The van der Waals surface area contributed by atoms with Gasteiger partial charge in [0, 0.05) is 36.6 Å². The molecule has 3 heteroatoms. The summed E-state index contributed by atoms with van der Waals surface area (Å²) in [4.78, 5) is 2.40. The molecule has 7 aromatic rings. The zero-order chi connectivity index (χ0) is 21.5. The van der Waals surface area contributed by atoms with Crippen molar-refractivity contribution >= 4 is 70.4 Å². The number of para-hydroxylation sites is 4. The van der Waals surface area contributed by atoms with Gasteiger partial charge in [0.15, 0.2) is 0 Å². The summed E-state index contributed by atoms with van der Waals surface area (Å²) >= 11 is 1.89. The SMILES string of the molecule is c1ccc(N2c3ccccc3-n3c4ccc5sc6ccccc6c5c4c4cccc2c43)cc1. The predicted octanol–water partition coefficient (Wildman–Crippen LogP) is 8.93. The van der Waals surface area contributed by atoms with Crippen LogP contribution in [0.25, 0.3) is 47.7 Å². The van der Waals surface area contributed by atoms with Crippen LogP contribution in [0.15, 0.2) is 109 Å². The van der Waals surface area contributed by atoms with Crippen molar-refractivity contribution in [1.82, 2.24) is 4.57 Å². The van der Waals surface area contributed by atoms with Gasteiger partial charge in [0.2, 0.25) is 0 Å². The van der Waals surface area contributed by atoms with Gasteiger partial charge in [-0.25, -0.2) is 0 Å². The maximum atomic E-state index is 2.47. The maximum absolute atomic E-state index is 2.47. The Morgan fingerprint density at radius 1 is 0.485 bits per heavy atom. The van der Waals surface area contributed by atoms with E-state index in [1.807, 2.05) is 11.3 Å². The van der Waals surface area contributed by atoms with Crippen molar-refractivity contribution in [3.05, 3.63) is 109 Å². The van der Waals surface area contributed by atoms with Gasteiger partial charge in [-0.15, -0.1) is 11.3 Å². The predicted molar refractivity (Wildman–Crippen MR) is 142 cm³/mol. The van der Waals surface area contributed by atoms with Crippen LogP contribution >= 0.6 is 11.3 Å². The fraction of sp³-hybridized carbons (Fsp3) is 0. The zero-order valence-electron chi connectivity index (χ0n) is 17.7. The van der Waals surface area contributed by atoms with Crippen molar-refractivity contribution in [2.75, 3.05) is 4.90 Å². The van der Waals surface area contributed by atoms with E-state index in [4.69, 9.17) is 0 Å². The zero-order valence-corrected chi connectivity index (χ0v) is 18.5. The molecular formula is C30H18N2S. The van der Waals surface area contributed by atoms with E-state index in [2.05, 4.69) is 119 Å². The molecular weight excluding hydrogens is 420 g/mol. The highest BCUT2D eigenvalue weighted by molar-refractivity contribution is 7.26. The first kappa shape index (κ1) is 17.5. The number of thiophene rings is 1. The molecule has 0 bridgehead atoms. The lowest BCUT2D eigenvalue weighted by molar-refractivity contribution is 1.11. The average Bonchev–Trinajstić information content (AvgIpc) is 3.42. The van der Waals surface area contributed by atoms with Crippen molar-refractivity contribution < 1.29 is 0 Å². The standard InChI is InChI=1S/C30H18N2S/c1-2-9-19(10-3-1)31-22-13-5-6-14-23(22)32-24-17-18-27-29(20-11-4-7-16-26(20)33-27)28(24)21-12-8-15-25(31)30(21)32/h1-18H. The second-order valence-corrected chi connectivity index (χ2v) is 9.68. The first-order valence-corrected chi connectivity index (χ1v) is 12.0. The van der Waals surface area contributed by atoms with Crippen LogP contribution in [-0.4, -0.2) is 4.57 Å². The van der Waals surface area contributed by atoms with Crippen molar-refractivity contribution in [2.24, 2.45) is 0 Å². The van der Waals surface area contributed by atoms with Crippen LogP contribution in [-0.2, 0) is 0 Å². The number of hydrogen-bond donors (Lipinski definition) is 0. The minimum absolute atomic E-state index is 1.18. The topological polar surface area (TPSA) is 8.17 Å². The van der Waals surface area contributed by atoms with E-state index >= 15 is 0 Å². The summed E-state index contributed by atoms with van der Waals surface area (Å²) in [6.45, 7) is 0. The first-order chi connectivity index (χ1) is 16.4. The number of fused-ring (bicyclic) bond motifs is 9. The van der Waals surface area contributed by atoms with Crippen LogP contribution in [0.4, 0.5) is 17.1 Å². The molecule has 2 nitrogen and oxygen atoms in total. The second-order valence-electron chi connectivity index (χ2n) is 8.60. The Kier molecular flexibility index (Phi) is 3.31. The first-order valence-electron chi connectivity index (χ1n) is 11.2. The van der Waals surface area contributed by atoms with Gasteiger partial charge >= 0.3 is 0 Å². The highest BCUT2D eigenvalue weighted by Gasteiger charge is 2.29. The lowest BCUT2D eigenvalue weighted by atomic mass is 10.0. The molecule has 0 saturated heterocycles. The minimum Gasteiger partial charge on any atom is -0.306 e. The van der Waals surface area contributed by atoms with Gasteiger partial charge in [-0.3, -0.25) is 0 Å². The van der Waals surface area contributed by atoms with Crippen LogP contribution in [0, 0.1) is 0 Å². The Morgan fingerprint density at radius 2 is 1.21 bits per heavy atom. The number of benzene rings is 5. The highest BCUT2D eigenvalue weighted by Crippen LogP contribution is 2.51. The second kappa shape index (κ2) is 6.25. The van der Waals surface area contributed by atoms with Gasteiger partial charge in [-0.2, -0.15) is 0 Å². The summed E-state index contributed by atoms with van der Waals surface area (Å²) in [5, 5.41) is 5.39. The van der Waals surface area contributed by atoms with Crippen LogP contribution in [0.3, 0.4) is 0 Å². The summed E-state index contributed by atoms with van der Waals surface area (Å²) in [5.41, 5.74) is 7.38. The van der Waals surface area contributed by atoms with Crippen molar-refractivity contribution in [1.29, 1.82) is 0 Å². The van der Waals surface area contributed by atoms with E-state index in [9.17, 15) is 0 Å². The highest BCUT2D eigenvalue weighted by atomic mass is 32.1. The lowest BCUT2D eigenvalue weighted by Crippen LogP contribution is -2.17. The number of aromatic nitrogens is 1. The molecule has 0 unspecified atom stereocenters. The average molecular weight is 439 g/mol. The fourth-order valence-corrected chi connectivity index (χ4v) is 6.72. The van der Waals surface area contributed by atoms with E-state index in [0.29, 0.717) is 0 Å². The molecule has 0 atom stereocenters. The van der Waals surface area contributed by atoms with Crippen LogP contribution in [0.5, 0.6) is 0 Å². The summed E-state index contributed by atoms with van der Waals surface area (Å²) in [6.07, 6.45) is 0. The van der Waals surface area contributed by atoms with Crippen LogP contribution in [0.2, 0.25) is 0 Å². The Morgan fingerprint density at radius 3 is 2.12 bits per heavy atom. The van der Waals surface area contributed by atoms with Crippen LogP contribution in [0.1, 0.15) is 0 Å². The van der Waals surface area contributed by atoms with E-state index in [1.165, 1.54) is 64.7 Å². The summed E-state index contributed by atoms with van der Waals surface area (Å²) in [5.74, 6) is 0. The Balaban J connectivity index is 1.63. The molecule has 0 fully saturated rings. The van der Waals surface area contributed by atoms with E-state index in [1.54, 1.807) is 0 Å². The fourth-order valence-electron chi connectivity index (χ4n) is 5.61. The number of hydrogen-bond acceptors (Lipinski definition) is 2. The normalized spacial score (nSPS) is 12.8. The molecule has 3 heterocycles. The number of rotatable bonds is 1. The molecule has 154 valence electrons. The molecule has 0 spiro atoms. The van der Waals surface area contributed by atoms with Gasteiger partial charge in [-0.1, -0.05) is 60.7 Å². The quantitative estimate of drug-likeness (QED) is 0.248. The Hall–Kier alpha value is -4.08. The third-order valence-corrected chi connectivity index (χ3v) is 8.02. The summed E-state index contributed by atoms with van der Waals surface area (Å²) in [7, 11) is 0. The molecule has 0 saturated carbocycles. The van der Waals surface area contributed by atoms with E-state index < -0.39 is 0 Å². The van der Waals surface area contributed by atoms with Gasteiger partial charge in [0.25, 0.3) is 0 Å². The van der Waals surface area contributed by atoms with Crippen LogP contribution < -0.4 is 4.90 Å². The van der Waals surface area contributed by atoms with Gasteiger partial charge in [0.05, 0.1) is 28.1 Å². The Bertz CT molecular complexity index is 1870. The molecule has 33 heavy (non-hydrogen) atoms. The maximum Gasteiger partial charge on any atom is 0.0783 e. The summed E-state index contributed by atoms with van der Waals surface area (Å²) in [6, 6.07) is 39.6. The number of nitrogens with zero attached hydrogens (tertiary/aromatic N) is 2. The van der Waals surface area contributed by atoms with Crippen molar-refractivity contribution in [3.8, 4) is 5.69 Å². The lowest BCUT2D eigenvalue weighted by Gasteiger charge is -2.33. The van der Waals surface area contributed by atoms with Gasteiger partial charge < -0.3 is 9.47 Å². The van der Waals surface area contributed by atoms with Gasteiger partial charge in [-0.05, 0) is 48.5 Å². The van der Waals surface area contributed by atoms with E-state index in [-0.39, 0.29) is 0 Å². The molecule has 8 rings (SSSR count). The van der Waals surface area contributed by atoms with Crippen molar-refractivity contribution in [2.45, 2.75) is 0 Å². The smallest absolute Gasteiger partial charge is 0.0783 e. The molecule has 0 radical (unpaired) electrons. The van der Waals surface area contributed by atoms with Crippen molar-refractivity contribution in [3.63, 3.8) is 0 Å². The molecule has 1 aliphatic rings. The molecule has 5 aromatic carbocycles. The molecule has 0 amide bonds. The minimum atomic E-state index is 1.18. The monoisotopic (exact) mass is 438 g/mol. The van der Waals surface area contributed by atoms with Gasteiger partial charge in [0.1, 0.15) is 0 Å². The molecule has 0 N–H and O–H groups in total.